The Kier molecular flexibility index (Phi) is 7.73. The zero-order valence-electron chi connectivity index (χ0n) is 22.3. The van der Waals surface area contributed by atoms with E-state index in [-0.39, 0.29) is 41.0 Å². The normalized spacial score (nSPS) is 34.3. The fraction of sp³-hybridized carbons (Fsp3) is 0.750. The second-order valence-corrected chi connectivity index (χ2v) is 13.1. The van der Waals surface area contributed by atoms with Crippen LogP contribution in [0.25, 0.3) is 0 Å². The van der Waals surface area contributed by atoms with Crippen molar-refractivity contribution >= 4 is 17.6 Å². The molecular formula is C28H43ClN2O5. The largest absolute Gasteiger partial charge is 0.396 e. The number of aryl methyl sites for hydroxylation is 1. The summed E-state index contributed by atoms with van der Waals surface area (Å²) in [5.41, 5.74) is 0.935. The Labute approximate surface area is 220 Å². The van der Waals surface area contributed by atoms with Crippen LogP contribution in [0.2, 0.25) is 5.02 Å². The van der Waals surface area contributed by atoms with Gasteiger partial charge in [-0.05, 0) is 74.0 Å². The highest BCUT2D eigenvalue weighted by Gasteiger charge is 2.72. The highest BCUT2D eigenvalue weighted by molar-refractivity contribution is 6.31. The first-order valence-corrected chi connectivity index (χ1v) is 13.5. The Bertz CT molecular complexity index is 944. The molecule has 0 spiro atoms. The van der Waals surface area contributed by atoms with Gasteiger partial charge in [0, 0.05) is 42.7 Å². The summed E-state index contributed by atoms with van der Waals surface area (Å²) < 4.78 is 10.7. The lowest BCUT2D eigenvalue weighted by Gasteiger charge is -2.71. The summed E-state index contributed by atoms with van der Waals surface area (Å²) in [6, 6.07) is 5.85. The van der Waals surface area contributed by atoms with E-state index >= 15 is 0 Å². The van der Waals surface area contributed by atoms with Gasteiger partial charge in [-0.1, -0.05) is 44.5 Å². The molecule has 0 heterocycles. The van der Waals surface area contributed by atoms with Crippen LogP contribution < -0.4 is 10.6 Å². The number of carbonyl (C=O) groups excluding carboxylic acids is 1. The summed E-state index contributed by atoms with van der Waals surface area (Å²) in [5.74, 6) is -0.215. The minimum absolute atomic E-state index is 0.0367. The molecule has 4 atom stereocenters. The van der Waals surface area contributed by atoms with E-state index in [0.29, 0.717) is 37.1 Å². The average Bonchev–Trinajstić information content (AvgIpc) is 2.78. The van der Waals surface area contributed by atoms with Gasteiger partial charge in [0.15, 0.2) is 6.29 Å². The topological polar surface area (TPSA) is 100 Å². The molecule has 4 aliphatic carbocycles. The third-order valence-corrected chi connectivity index (χ3v) is 9.26. The summed E-state index contributed by atoms with van der Waals surface area (Å²) in [6.45, 7) is 6.59. The molecule has 4 aliphatic rings. The monoisotopic (exact) mass is 522 g/mol. The summed E-state index contributed by atoms with van der Waals surface area (Å²) in [5, 5.41) is 27.7. The number of nitrogens with one attached hydrogen (secondary N) is 2. The van der Waals surface area contributed by atoms with Gasteiger partial charge in [-0.3, -0.25) is 0 Å². The van der Waals surface area contributed by atoms with E-state index in [4.69, 9.17) is 21.1 Å². The number of aliphatic hydroxyl groups is 2. The number of aliphatic hydroxyl groups excluding tert-OH is 2. The maximum atomic E-state index is 13.4. The number of benzene rings is 1. The van der Waals surface area contributed by atoms with E-state index in [2.05, 4.69) is 43.5 Å². The van der Waals surface area contributed by atoms with Gasteiger partial charge in [0.2, 0.25) is 0 Å². The van der Waals surface area contributed by atoms with Gasteiger partial charge in [0.05, 0.1) is 11.6 Å². The van der Waals surface area contributed by atoms with Crippen LogP contribution >= 0.6 is 11.6 Å². The molecule has 1 aromatic rings. The van der Waals surface area contributed by atoms with Crippen molar-refractivity contribution in [2.45, 2.75) is 95.6 Å². The molecule has 36 heavy (non-hydrogen) atoms. The maximum Gasteiger partial charge on any atom is 0.315 e. The lowest BCUT2D eigenvalue weighted by Crippen LogP contribution is -2.79. The van der Waals surface area contributed by atoms with Gasteiger partial charge in [0.1, 0.15) is 0 Å². The first-order valence-electron chi connectivity index (χ1n) is 13.1. The highest BCUT2D eigenvalue weighted by Crippen LogP contribution is 2.68. The van der Waals surface area contributed by atoms with Gasteiger partial charge in [0.25, 0.3) is 0 Å². The Morgan fingerprint density at radius 3 is 2.47 bits per heavy atom. The average molecular weight is 523 g/mol. The molecule has 4 fully saturated rings. The van der Waals surface area contributed by atoms with Crippen molar-refractivity contribution in [3.8, 4) is 0 Å². The molecule has 5 rings (SSSR count). The van der Waals surface area contributed by atoms with E-state index < -0.39 is 11.8 Å². The zero-order chi connectivity index (χ0) is 26.4. The number of methoxy groups -OCH3 is 2. The molecule has 4 N–H and O–H groups in total. The summed E-state index contributed by atoms with van der Waals surface area (Å²) in [4.78, 5) is 13.4. The van der Waals surface area contributed by atoms with E-state index in [1.165, 1.54) is 7.11 Å². The minimum Gasteiger partial charge on any atom is -0.396 e. The fourth-order valence-electron chi connectivity index (χ4n) is 6.81. The van der Waals surface area contributed by atoms with Gasteiger partial charge in [-0.2, -0.15) is 0 Å². The number of ether oxygens (including phenoxy) is 2. The van der Waals surface area contributed by atoms with Crippen LogP contribution in [0.3, 0.4) is 0 Å². The summed E-state index contributed by atoms with van der Waals surface area (Å²) in [6.07, 6.45) is 5.32. The van der Waals surface area contributed by atoms with Crippen LogP contribution in [0, 0.1) is 16.7 Å². The second-order valence-electron chi connectivity index (χ2n) is 12.7. The van der Waals surface area contributed by atoms with Crippen LogP contribution in [0.1, 0.15) is 76.8 Å². The molecule has 4 saturated carbocycles. The fourth-order valence-corrected chi connectivity index (χ4v) is 7.09. The molecule has 2 amide bonds. The van der Waals surface area contributed by atoms with Crippen molar-refractivity contribution in [1.29, 1.82) is 0 Å². The Hall–Kier alpha value is -1.38. The van der Waals surface area contributed by atoms with Crippen molar-refractivity contribution in [2.24, 2.45) is 16.7 Å². The molecule has 0 saturated heterocycles. The van der Waals surface area contributed by atoms with Crippen LogP contribution in [0.15, 0.2) is 18.2 Å². The molecule has 4 unspecified atom stereocenters. The van der Waals surface area contributed by atoms with Crippen molar-refractivity contribution in [3.05, 3.63) is 34.3 Å². The number of carbonyl (C=O) groups is 1. The lowest BCUT2D eigenvalue weighted by molar-refractivity contribution is -0.284. The van der Waals surface area contributed by atoms with Crippen molar-refractivity contribution in [3.63, 3.8) is 0 Å². The van der Waals surface area contributed by atoms with Gasteiger partial charge in [-0.15, -0.1) is 0 Å². The number of amides is 2. The van der Waals surface area contributed by atoms with Crippen LogP contribution in [0.4, 0.5) is 4.79 Å². The molecule has 7 nitrogen and oxygen atoms in total. The summed E-state index contributed by atoms with van der Waals surface area (Å²) >= 11 is 6.77. The predicted octanol–water partition coefficient (Wildman–Crippen LogP) is 4.51. The van der Waals surface area contributed by atoms with Crippen molar-refractivity contribution in [2.75, 3.05) is 20.8 Å². The van der Waals surface area contributed by atoms with E-state index in [1.807, 2.05) is 6.07 Å². The van der Waals surface area contributed by atoms with E-state index in [9.17, 15) is 15.0 Å². The second kappa shape index (κ2) is 10.1. The first-order chi connectivity index (χ1) is 16.9. The maximum absolute atomic E-state index is 13.4. The SMILES string of the molecule is COC1CCC(NC(=O)NC23CC(C(O)OC)(C2)C3)(c2ccc(CCC(C)(C)C)c(Cl)c2)C(CO)C1. The molecule has 0 aliphatic heterocycles. The van der Waals surface area contributed by atoms with Gasteiger partial charge >= 0.3 is 6.03 Å². The zero-order valence-corrected chi connectivity index (χ0v) is 23.1. The third kappa shape index (κ3) is 5.14. The van der Waals surface area contributed by atoms with Gasteiger partial charge in [-0.25, -0.2) is 4.79 Å². The predicted molar refractivity (Wildman–Crippen MR) is 140 cm³/mol. The number of urea groups is 1. The highest BCUT2D eigenvalue weighted by atomic mass is 35.5. The van der Waals surface area contributed by atoms with Crippen molar-refractivity contribution < 1.29 is 24.5 Å². The Morgan fingerprint density at radius 1 is 1.22 bits per heavy atom. The molecule has 0 radical (unpaired) electrons. The molecule has 202 valence electrons. The van der Waals surface area contributed by atoms with Crippen LogP contribution in [-0.2, 0) is 21.4 Å². The number of halogens is 1. The molecule has 0 aromatic heterocycles. The van der Waals surface area contributed by atoms with E-state index in [1.54, 1.807) is 7.11 Å². The van der Waals surface area contributed by atoms with E-state index in [0.717, 1.165) is 30.4 Å². The Balaban J connectivity index is 1.54. The quantitative estimate of drug-likeness (QED) is 0.358. The number of rotatable bonds is 9. The van der Waals surface area contributed by atoms with Gasteiger partial charge < -0.3 is 30.3 Å². The molecular weight excluding hydrogens is 480 g/mol. The molecule has 1 aromatic carbocycles. The summed E-state index contributed by atoms with van der Waals surface area (Å²) in [7, 11) is 3.20. The first kappa shape index (κ1) is 27.6. The molecule has 8 heteroatoms. The standard InChI is InChI=1S/C28H43ClN2O5/c1-25(2,3)10-8-18-6-7-19(13-22(18)29)28(11-9-21(35-4)12-20(28)14-32)31-24(34)30-27-15-26(16-27,17-27)23(33)36-5/h6-7,13,20-21,23,32-33H,8-12,14-17H2,1-5H3,(H2,30,31,34). The third-order valence-electron chi connectivity index (χ3n) is 8.90. The Morgan fingerprint density at radius 2 is 1.92 bits per heavy atom. The number of hydrogen-bond acceptors (Lipinski definition) is 5. The van der Waals surface area contributed by atoms with Crippen LogP contribution in [-0.4, -0.2) is 55.0 Å². The lowest BCUT2D eigenvalue weighted by atomic mass is 9.39. The van der Waals surface area contributed by atoms with Crippen molar-refractivity contribution in [1.82, 2.24) is 10.6 Å². The smallest absolute Gasteiger partial charge is 0.315 e. The number of hydrogen-bond donors (Lipinski definition) is 4. The molecule has 2 bridgehead atoms. The van der Waals surface area contributed by atoms with Crippen LogP contribution in [0.5, 0.6) is 0 Å². The minimum atomic E-state index is -0.794.